The van der Waals surface area contributed by atoms with Gasteiger partial charge in [-0.05, 0) is 43.6 Å². The summed E-state index contributed by atoms with van der Waals surface area (Å²) in [5.74, 6) is -2.28. The number of allylic oxidation sites excluding steroid dienone is 4. The minimum atomic E-state index is -1.16. The van der Waals surface area contributed by atoms with Crippen LogP contribution in [0.4, 0.5) is 0 Å². The first kappa shape index (κ1) is 28.3. The Hall–Kier alpha value is -2.70. The second-order valence-electron chi connectivity index (χ2n) is 13.3. The van der Waals surface area contributed by atoms with Crippen molar-refractivity contribution in [3.05, 3.63) is 22.8 Å². The Balaban J connectivity index is 1.78. The molecule has 0 bridgehead atoms. The average Bonchev–Trinajstić information content (AvgIpc) is 3.03. The monoisotopic (exact) mass is 524 g/mol. The zero-order valence-electron chi connectivity index (χ0n) is 23.9. The predicted molar refractivity (Wildman–Crippen MR) is 140 cm³/mol. The molecule has 1 unspecified atom stereocenters. The number of methoxy groups -OCH3 is 1. The lowest BCUT2D eigenvalue weighted by atomic mass is 9.43. The zero-order valence-corrected chi connectivity index (χ0v) is 23.9. The molecule has 0 saturated heterocycles. The van der Waals surface area contributed by atoms with Crippen LogP contribution in [0.15, 0.2) is 22.8 Å². The number of rotatable bonds is 5. The molecule has 0 aliphatic heterocycles. The molecule has 0 amide bonds. The normalized spacial score (nSPS) is 37.4. The lowest BCUT2D eigenvalue weighted by Crippen LogP contribution is -2.59. The molecule has 2 saturated carbocycles. The number of carbonyl (C=O) groups is 6. The Bertz CT molecular complexity index is 1230. The third-order valence-corrected chi connectivity index (χ3v) is 10.9. The molecule has 4 aliphatic rings. The maximum absolute atomic E-state index is 14.0. The molecule has 7 nitrogen and oxygen atoms in total. The highest BCUT2D eigenvalue weighted by atomic mass is 16.5. The number of hydrogen-bond acceptors (Lipinski definition) is 7. The maximum atomic E-state index is 14.0. The van der Waals surface area contributed by atoms with Crippen molar-refractivity contribution < 1.29 is 33.5 Å². The smallest absolute Gasteiger partial charge is 0.308 e. The molecule has 0 aromatic rings. The summed E-state index contributed by atoms with van der Waals surface area (Å²) in [5, 5.41) is 0. The largest absolute Gasteiger partial charge is 0.469 e. The van der Waals surface area contributed by atoms with E-state index >= 15 is 0 Å². The van der Waals surface area contributed by atoms with E-state index in [0.29, 0.717) is 29.6 Å². The van der Waals surface area contributed by atoms with E-state index in [2.05, 4.69) is 0 Å². The lowest BCUT2D eigenvalue weighted by Gasteiger charge is -2.58. The van der Waals surface area contributed by atoms with Gasteiger partial charge in [0.05, 0.1) is 18.4 Å². The van der Waals surface area contributed by atoms with Crippen molar-refractivity contribution in [2.45, 2.75) is 87.0 Å². The highest BCUT2D eigenvalue weighted by molar-refractivity contribution is 6.17. The fourth-order valence-electron chi connectivity index (χ4n) is 8.43. The molecule has 6 atom stereocenters. The van der Waals surface area contributed by atoms with E-state index in [0.717, 1.165) is 0 Å². The first-order valence-electron chi connectivity index (χ1n) is 13.6. The summed E-state index contributed by atoms with van der Waals surface area (Å²) in [6.07, 6.45) is 2.68. The van der Waals surface area contributed by atoms with Crippen LogP contribution in [0, 0.1) is 39.4 Å². The van der Waals surface area contributed by atoms with Gasteiger partial charge in [-0.1, -0.05) is 40.2 Å². The van der Waals surface area contributed by atoms with Gasteiger partial charge >= 0.3 is 5.97 Å². The van der Waals surface area contributed by atoms with Gasteiger partial charge in [0, 0.05) is 54.1 Å². The number of carbonyl (C=O) groups excluding carboxylic acids is 6. The fourth-order valence-corrected chi connectivity index (χ4v) is 8.43. The van der Waals surface area contributed by atoms with Gasteiger partial charge in [0.2, 0.25) is 0 Å². The standard InChI is InChI=1S/C31H40O7/c1-16(11-18(32)12-17(2)27(37)38-8)19-13-24(36)31(7)26-20(33)14-22-28(3,4)23(35)9-10-29(22,5)25(26)21(34)15-30(19,31)6/h11,17,19,22H,9-10,12-15H2,1-8H3/b16-11-/t17-,19-,22?,29+,30-,31+/m1/s1. The molecular formula is C31H40O7. The Morgan fingerprint density at radius 1 is 0.974 bits per heavy atom. The van der Waals surface area contributed by atoms with Crippen LogP contribution in [-0.4, -0.2) is 42.0 Å². The number of ether oxygens (including phenoxy) is 1. The van der Waals surface area contributed by atoms with Gasteiger partial charge in [-0.15, -0.1) is 0 Å². The van der Waals surface area contributed by atoms with E-state index in [1.165, 1.54) is 13.2 Å². The molecule has 2 fully saturated rings. The number of fused-ring (bicyclic) bond motifs is 4. The second-order valence-corrected chi connectivity index (χ2v) is 13.3. The molecule has 38 heavy (non-hydrogen) atoms. The lowest BCUT2D eigenvalue weighted by molar-refractivity contribution is -0.147. The minimum absolute atomic E-state index is 0.0143. The van der Waals surface area contributed by atoms with Crippen LogP contribution in [0.5, 0.6) is 0 Å². The topological polar surface area (TPSA) is 112 Å². The third kappa shape index (κ3) is 3.67. The molecule has 0 N–H and O–H groups in total. The molecule has 0 aromatic heterocycles. The van der Waals surface area contributed by atoms with Gasteiger partial charge in [-0.2, -0.15) is 0 Å². The van der Waals surface area contributed by atoms with Gasteiger partial charge in [-0.3, -0.25) is 28.8 Å². The van der Waals surface area contributed by atoms with E-state index in [9.17, 15) is 28.8 Å². The van der Waals surface area contributed by atoms with E-state index in [1.807, 2.05) is 34.6 Å². The first-order chi connectivity index (χ1) is 17.5. The number of hydrogen-bond donors (Lipinski definition) is 0. The summed E-state index contributed by atoms with van der Waals surface area (Å²) >= 11 is 0. The quantitative estimate of drug-likeness (QED) is 0.383. The molecule has 4 aliphatic carbocycles. The highest BCUT2D eigenvalue weighted by Crippen LogP contribution is 2.69. The number of esters is 1. The van der Waals surface area contributed by atoms with Crippen LogP contribution in [0.2, 0.25) is 0 Å². The van der Waals surface area contributed by atoms with Crippen molar-refractivity contribution in [2.75, 3.05) is 7.11 Å². The molecule has 0 radical (unpaired) electrons. The zero-order chi connectivity index (χ0) is 28.6. The average molecular weight is 525 g/mol. The van der Waals surface area contributed by atoms with Crippen LogP contribution in [0.1, 0.15) is 87.0 Å². The molecule has 0 heterocycles. The first-order valence-corrected chi connectivity index (χ1v) is 13.6. The second kappa shape index (κ2) is 8.92. The highest BCUT2D eigenvalue weighted by Gasteiger charge is 2.70. The SMILES string of the molecule is COC(=O)[C@H](C)CC(=O)/C=C(/C)[C@H]1CC(=O)[C@@]2(C)C3=C(C(=O)C[C@]12C)[C@@]1(C)CCC(=O)C(C)(C)C1CC3=O. The Morgan fingerprint density at radius 2 is 1.61 bits per heavy atom. The minimum Gasteiger partial charge on any atom is -0.469 e. The van der Waals surface area contributed by atoms with Gasteiger partial charge in [0.15, 0.2) is 17.3 Å². The van der Waals surface area contributed by atoms with E-state index in [4.69, 9.17) is 4.74 Å². The molecule has 0 spiro atoms. The Morgan fingerprint density at radius 3 is 2.21 bits per heavy atom. The molecule has 206 valence electrons. The summed E-state index contributed by atoms with van der Waals surface area (Å²) in [7, 11) is 1.28. The van der Waals surface area contributed by atoms with Crippen LogP contribution >= 0.6 is 0 Å². The van der Waals surface area contributed by atoms with E-state index in [-0.39, 0.29) is 60.5 Å². The summed E-state index contributed by atoms with van der Waals surface area (Å²) < 4.78 is 4.72. The summed E-state index contributed by atoms with van der Waals surface area (Å²) in [5.41, 5.74) is -1.90. The maximum Gasteiger partial charge on any atom is 0.308 e. The van der Waals surface area contributed by atoms with Crippen molar-refractivity contribution in [3.8, 4) is 0 Å². The van der Waals surface area contributed by atoms with Crippen molar-refractivity contribution in [1.29, 1.82) is 0 Å². The van der Waals surface area contributed by atoms with Gasteiger partial charge < -0.3 is 4.74 Å². The van der Waals surface area contributed by atoms with Crippen LogP contribution in [-0.2, 0) is 33.5 Å². The Kier molecular flexibility index (Phi) is 6.65. The van der Waals surface area contributed by atoms with E-state index < -0.39 is 39.5 Å². The Labute approximate surface area is 224 Å². The number of ketones is 5. The molecular weight excluding hydrogens is 484 g/mol. The van der Waals surface area contributed by atoms with Crippen molar-refractivity contribution in [3.63, 3.8) is 0 Å². The van der Waals surface area contributed by atoms with Crippen molar-refractivity contribution in [1.82, 2.24) is 0 Å². The molecule has 0 aromatic carbocycles. The van der Waals surface area contributed by atoms with E-state index in [1.54, 1.807) is 13.8 Å². The summed E-state index contributed by atoms with van der Waals surface area (Å²) in [6.45, 7) is 12.9. The summed E-state index contributed by atoms with van der Waals surface area (Å²) in [4.78, 5) is 79.1. The fraction of sp³-hybridized carbons (Fsp3) is 0.677. The van der Waals surface area contributed by atoms with Gasteiger partial charge in [0.1, 0.15) is 11.6 Å². The van der Waals surface area contributed by atoms with Gasteiger partial charge in [0.25, 0.3) is 0 Å². The summed E-state index contributed by atoms with van der Waals surface area (Å²) in [6, 6.07) is 0. The van der Waals surface area contributed by atoms with Crippen molar-refractivity contribution in [2.24, 2.45) is 39.4 Å². The number of Topliss-reactive ketones (excluding diaryl/α,β-unsaturated/α-hetero) is 4. The third-order valence-electron chi connectivity index (χ3n) is 10.9. The van der Waals surface area contributed by atoms with Crippen LogP contribution < -0.4 is 0 Å². The van der Waals surface area contributed by atoms with Crippen LogP contribution in [0.3, 0.4) is 0 Å². The molecule has 4 rings (SSSR count). The molecule has 7 heteroatoms. The van der Waals surface area contributed by atoms with Crippen molar-refractivity contribution >= 4 is 34.9 Å². The van der Waals surface area contributed by atoms with Gasteiger partial charge in [-0.25, -0.2) is 0 Å². The van der Waals surface area contributed by atoms with Crippen LogP contribution in [0.25, 0.3) is 0 Å². The predicted octanol–water partition coefficient (Wildman–Crippen LogP) is 4.56.